The quantitative estimate of drug-likeness (QED) is 0.716. The van der Waals surface area contributed by atoms with Crippen LogP contribution in [0.15, 0.2) is 47.5 Å². The maximum Gasteiger partial charge on any atom is 0.252 e. The first kappa shape index (κ1) is 17.3. The van der Waals surface area contributed by atoms with E-state index >= 15 is 0 Å². The fourth-order valence-corrected chi connectivity index (χ4v) is 4.13. The summed E-state index contributed by atoms with van der Waals surface area (Å²) in [5.74, 6) is 0.135. The van der Waals surface area contributed by atoms with Crippen molar-refractivity contribution in [3.63, 3.8) is 0 Å². The van der Waals surface area contributed by atoms with Gasteiger partial charge in [-0.3, -0.25) is 9.78 Å². The minimum atomic E-state index is -3.49. The van der Waals surface area contributed by atoms with Gasteiger partial charge in [-0.2, -0.15) is 0 Å². The molecule has 1 aliphatic rings. The Morgan fingerprint density at radius 2 is 2.00 bits per heavy atom. The number of nitrogens with one attached hydrogen (secondary N) is 1. The first-order valence-corrected chi connectivity index (χ1v) is 10.2. The largest absolute Gasteiger partial charge is 0.493 e. The molecule has 1 amide bonds. The van der Waals surface area contributed by atoms with Crippen LogP contribution in [-0.4, -0.2) is 32.2 Å². The molecule has 7 nitrogen and oxygen atoms in total. The average molecular weight is 383 g/mol. The topological polar surface area (TPSA) is 111 Å². The standard InChI is InChI=1S/C19H17N3O4S/c1-27(24,25)16-7-2-4-12-17(13(19(20)23)10-21-18(12)16)22-14-5-3-6-15-11(14)8-9-26-15/h2-7,10H,8-9H2,1H3,(H2,20,23)(H,21,22). The summed E-state index contributed by atoms with van der Waals surface area (Å²) in [4.78, 5) is 16.3. The molecule has 0 saturated heterocycles. The van der Waals surface area contributed by atoms with Gasteiger partial charge in [0.15, 0.2) is 9.84 Å². The average Bonchev–Trinajstić information content (AvgIpc) is 3.10. The Labute approximate surface area is 156 Å². The predicted octanol–water partition coefficient (Wildman–Crippen LogP) is 2.42. The van der Waals surface area contributed by atoms with Crippen LogP contribution in [0.2, 0.25) is 0 Å². The third-order valence-corrected chi connectivity index (χ3v) is 5.66. The summed E-state index contributed by atoms with van der Waals surface area (Å²) in [5, 5.41) is 3.77. The number of nitrogens with two attached hydrogens (primary N) is 1. The van der Waals surface area contributed by atoms with Gasteiger partial charge in [-0.15, -0.1) is 0 Å². The molecule has 0 bridgehead atoms. The molecule has 0 atom stereocenters. The molecule has 27 heavy (non-hydrogen) atoms. The zero-order valence-corrected chi connectivity index (χ0v) is 15.3. The smallest absolute Gasteiger partial charge is 0.252 e. The fourth-order valence-electron chi connectivity index (χ4n) is 3.29. The number of primary amides is 1. The molecule has 2 aromatic carbocycles. The summed E-state index contributed by atoms with van der Waals surface area (Å²) >= 11 is 0. The fraction of sp³-hybridized carbons (Fsp3) is 0.158. The molecular formula is C19H17N3O4S. The van der Waals surface area contributed by atoms with Crippen LogP contribution in [0.5, 0.6) is 5.75 Å². The minimum absolute atomic E-state index is 0.0979. The number of aromatic nitrogens is 1. The number of carbonyl (C=O) groups is 1. The number of nitrogens with zero attached hydrogens (tertiary/aromatic N) is 1. The van der Waals surface area contributed by atoms with Gasteiger partial charge in [0, 0.05) is 35.5 Å². The lowest BCUT2D eigenvalue weighted by atomic mass is 10.1. The van der Waals surface area contributed by atoms with Crippen LogP contribution in [0.4, 0.5) is 11.4 Å². The van der Waals surface area contributed by atoms with Crippen LogP contribution < -0.4 is 15.8 Å². The van der Waals surface area contributed by atoms with Gasteiger partial charge in [0.05, 0.1) is 28.3 Å². The van der Waals surface area contributed by atoms with E-state index in [0.717, 1.165) is 29.7 Å². The van der Waals surface area contributed by atoms with E-state index in [4.69, 9.17) is 10.5 Å². The van der Waals surface area contributed by atoms with Crippen molar-refractivity contribution >= 4 is 38.0 Å². The SMILES string of the molecule is CS(=O)(=O)c1cccc2c(Nc3cccc4c3CCO4)c(C(N)=O)cnc12. The molecule has 0 unspecified atom stereocenters. The lowest BCUT2D eigenvalue weighted by molar-refractivity contribution is 0.100. The monoisotopic (exact) mass is 383 g/mol. The highest BCUT2D eigenvalue weighted by atomic mass is 32.2. The number of carbonyl (C=O) groups excluding carboxylic acids is 1. The Morgan fingerprint density at radius 3 is 2.74 bits per heavy atom. The summed E-state index contributed by atoms with van der Waals surface area (Å²) < 4.78 is 29.8. The maximum absolute atomic E-state index is 12.1. The van der Waals surface area contributed by atoms with Crippen LogP contribution >= 0.6 is 0 Å². The second kappa shape index (κ2) is 6.24. The van der Waals surface area contributed by atoms with Crippen molar-refractivity contribution in [2.24, 2.45) is 5.73 Å². The molecule has 0 fully saturated rings. The van der Waals surface area contributed by atoms with Gasteiger partial charge >= 0.3 is 0 Å². The van der Waals surface area contributed by atoms with E-state index in [1.54, 1.807) is 12.1 Å². The number of hydrogen-bond donors (Lipinski definition) is 2. The van der Waals surface area contributed by atoms with Gasteiger partial charge in [0.2, 0.25) is 0 Å². The van der Waals surface area contributed by atoms with Gasteiger partial charge in [0.1, 0.15) is 5.75 Å². The van der Waals surface area contributed by atoms with Crippen LogP contribution in [0.3, 0.4) is 0 Å². The molecule has 4 rings (SSSR count). The second-order valence-corrected chi connectivity index (χ2v) is 8.33. The maximum atomic E-state index is 12.1. The van der Waals surface area contributed by atoms with Crippen molar-refractivity contribution in [2.45, 2.75) is 11.3 Å². The zero-order chi connectivity index (χ0) is 19.2. The molecule has 0 radical (unpaired) electrons. The number of anilines is 2. The zero-order valence-electron chi connectivity index (χ0n) is 14.5. The summed E-state index contributed by atoms with van der Waals surface area (Å²) in [6, 6.07) is 10.4. The third kappa shape index (κ3) is 2.97. The van der Waals surface area contributed by atoms with E-state index in [2.05, 4.69) is 10.3 Å². The summed E-state index contributed by atoms with van der Waals surface area (Å²) in [7, 11) is -3.49. The highest BCUT2D eigenvalue weighted by molar-refractivity contribution is 7.91. The highest BCUT2D eigenvalue weighted by Gasteiger charge is 2.21. The summed E-state index contributed by atoms with van der Waals surface area (Å²) in [6.45, 7) is 0.589. The molecule has 8 heteroatoms. The first-order valence-electron chi connectivity index (χ1n) is 8.29. The Kier molecular flexibility index (Phi) is 4.00. The van der Waals surface area contributed by atoms with Crippen LogP contribution in [-0.2, 0) is 16.3 Å². The number of pyridine rings is 1. The van der Waals surface area contributed by atoms with E-state index < -0.39 is 15.7 Å². The lowest BCUT2D eigenvalue weighted by Crippen LogP contribution is -2.15. The number of rotatable bonds is 4. The molecule has 0 saturated carbocycles. The molecule has 3 aromatic rings. The number of ether oxygens (including phenoxy) is 1. The van der Waals surface area contributed by atoms with Crippen molar-refractivity contribution in [2.75, 3.05) is 18.2 Å². The van der Waals surface area contributed by atoms with Gasteiger partial charge in [0.25, 0.3) is 5.91 Å². The number of benzene rings is 2. The van der Waals surface area contributed by atoms with Gasteiger partial charge in [-0.25, -0.2) is 8.42 Å². The number of fused-ring (bicyclic) bond motifs is 2. The molecule has 3 N–H and O–H groups in total. The van der Waals surface area contributed by atoms with Crippen molar-refractivity contribution in [3.05, 3.63) is 53.7 Å². The van der Waals surface area contributed by atoms with E-state index in [9.17, 15) is 13.2 Å². The molecular weight excluding hydrogens is 366 g/mol. The minimum Gasteiger partial charge on any atom is -0.493 e. The Hall–Kier alpha value is -3.13. The molecule has 2 heterocycles. The van der Waals surface area contributed by atoms with Crippen molar-refractivity contribution in [1.29, 1.82) is 0 Å². The number of amides is 1. The van der Waals surface area contributed by atoms with E-state index in [0.29, 0.717) is 17.7 Å². The van der Waals surface area contributed by atoms with Crippen molar-refractivity contribution in [1.82, 2.24) is 4.98 Å². The van der Waals surface area contributed by atoms with Gasteiger partial charge in [-0.1, -0.05) is 18.2 Å². The molecule has 0 aliphatic carbocycles. The number of para-hydroxylation sites is 1. The van der Waals surface area contributed by atoms with Gasteiger partial charge in [-0.05, 0) is 18.2 Å². The number of hydrogen-bond acceptors (Lipinski definition) is 6. The molecule has 138 valence electrons. The first-order chi connectivity index (χ1) is 12.9. The second-order valence-electron chi connectivity index (χ2n) is 6.34. The van der Waals surface area contributed by atoms with E-state index in [-0.39, 0.29) is 16.0 Å². The van der Waals surface area contributed by atoms with Crippen LogP contribution in [0.1, 0.15) is 15.9 Å². The predicted molar refractivity (Wildman–Crippen MR) is 102 cm³/mol. The van der Waals surface area contributed by atoms with Crippen molar-refractivity contribution < 1.29 is 17.9 Å². The van der Waals surface area contributed by atoms with E-state index in [1.807, 2.05) is 18.2 Å². The Bertz CT molecular complexity index is 1190. The normalized spacial score (nSPS) is 13.2. The van der Waals surface area contributed by atoms with E-state index in [1.165, 1.54) is 12.3 Å². The molecule has 1 aromatic heterocycles. The highest BCUT2D eigenvalue weighted by Crippen LogP contribution is 2.37. The van der Waals surface area contributed by atoms with Crippen LogP contribution in [0, 0.1) is 0 Å². The molecule has 1 aliphatic heterocycles. The number of sulfone groups is 1. The third-order valence-electron chi connectivity index (χ3n) is 4.53. The van der Waals surface area contributed by atoms with Crippen LogP contribution in [0.25, 0.3) is 10.9 Å². The summed E-state index contributed by atoms with van der Waals surface area (Å²) in [5.41, 5.74) is 8.22. The molecule has 0 spiro atoms. The summed E-state index contributed by atoms with van der Waals surface area (Å²) in [6.07, 6.45) is 3.17. The Morgan fingerprint density at radius 1 is 1.22 bits per heavy atom. The Balaban J connectivity index is 1.97. The van der Waals surface area contributed by atoms with Gasteiger partial charge < -0.3 is 15.8 Å². The lowest BCUT2D eigenvalue weighted by Gasteiger charge is -2.16. The van der Waals surface area contributed by atoms with Crippen molar-refractivity contribution in [3.8, 4) is 5.75 Å².